The Balaban J connectivity index is 1.52. The number of hydrogen-bond acceptors (Lipinski definition) is 6. The second kappa shape index (κ2) is 9.76. The molecule has 2 N–H and O–H groups in total. The van der Waals surface area contributed by atoms with E-state index in [9.17, 15) is 4.39 Å². The quantitative estimate of drug-likeness (QED) is 0.400. The molecule has 0 saturated heterocycles. The monoisotopic (exact) mass is 437 g/mol. The summed E-state index contributed by atoms with van der Waals surface area (Å²) in [5.74, 6) is 0.886. The lowest BCUT2D eigenvalue weighted by atomic mass is 10.2. The zero-order valence-electron chi connectivity index (χ0n) is 17.3. The van der Waals surface area contributed by atoms with E-state index in [4.69, 9.17) is 20.2 Å². The predicted octanol–water partition coefficient (Wildman–Crippen LogP) is 4.99. The molecule has 160 valence electrons. The number of fused-ring (bicyclic) bond motifs is 1. The van der Waals surface area contributed by atoms with Crippen molar-refractivity contribution in [3.63, 3.8) is 0 Å². The van der Waals surface area contributed by atoms with Gasteiger partial charge in [0.15, 0.2) is 16.6 Å². The maximum atomic E-state index is 13.9. The third kappa shape index (κ3) is 4.95. The number of nitrogens with zero attached hydrogens (tertiary/aromatic N) is 2. The number of hydrogen-bond donors (Lipinski definition) is 1. The molecule has 0 spiro atoms. The predicted molar refractivity (Wildman–Crippen MR) is 123 cm³/mol. The second-order valence-corrected chi connectivity index (χ2v) is 8.05. The van der Waals surface area contributed by atoms with Crippen LogP contribution >= 0.6 is 11.3 Å². The van der Waals surface area contributed by atoms with E-state index in [-0.39, 0.29) is 12.4 Å². The van der Waals surface area contributed by atoms with Gasteiger partial charge in [0.1, 0.15) is 12.4 Å². The van der Waals surface area contributed by atoms with Crippen LogP contribution in [0.5, 0.6) is 11.5 Å². The van der Waals surface area contributed by atoms with Gasteiger partial charge in [-0.3, -0.25) is 0 Å². The van der Waals surface area contributed by atoms with Crippen molar-refractivity contribution >= 4 is 26.7 Å². The van der Waals surface area contributed by atoms with Crippen LogP contribution in [-0.4, -0.2) is 25.2 Å². The normalized spacial score (nSPS) is 10.9. The number of methoxy groups -OCH3 is 1. The van der Waals surface area contributed by atoms with Gasteiger partial charge >= 0.3 is 0 Å². The first-order chi connectivity index (χ1) is 15.2. The van der Waals surface area contributed by atoms with Crippen LogP contribution < -0.4 is 20.1 Å². The molecule has 5 nitrogen and oxygen atoms in total. The largest absolute Gasteiger partial charge is 0.493 e. The third-order valence-corrected chi connectivity index (χ3v) is 5.99. The molecule has 0 fully saturated rings. The average Bonchev–Trinajstić information content (AvgIpc) is 3.23. The van der Waals surface area contributed by atoms with E-state index < -0.39 is 0 Å². The van der Waals surface area contributed by atoms with Gasteiger partial charge in [-0.1, -0.05) is 47.7 Å². The van der Waals surface area contributed by atoms with Crippen LogP contribution in [-0.2, 0) is 13.2 Å². The minimum atomic E-state index is -0.286. The molecule has 1 aromatic heterocycles. The number of thiazole rings is 1. The van der Waals surface area contributed by atoms with E-state index in [1.54, 1.807) is 36.6 Å². The number of anilines is 1. The number of para-hydroxylation sites is 1. The van der Waals surface area contributed by atoms with Crippen molar-refractivity contribution in [1.29, 1.82) is 0 Å². The van der Waals surface area contributed by atoms with Crippen LogP contribution in [0.15, 0.2) is 66.7 Å². The second-order valence-electron chi connectivity index (χ2n) is 7.04. The van der Waals surface area contributed by atoms with Gasteiger partial charge in [-0.25, -0.2) is 9.37 Å². The summed E-state index contributed by atoms with van der Waals surface area (Å²) in [7, 11) is 1.60. The summed E-state index contributed by atoms with van der Waals surface area (Å²) >= 11 is 1.65. The Bertz CT molecular complexity index is 1130. The van der Waals surface area contributed by atoms with Gasteiger partial charge in [-0.15, -0.1) is 0 Å². The van der Waals surface area contributed by atoms with Crippen LogP contribution in [0.3, 0.4) is 0 Å². The number of rotatable bonds is 9. The first kappa shape index (κ1) is 21.1. The fourth-order valence-corrected chi connectivity index (χ4v) is 4.30. The molecule has 1 heterocycles. The van der Waals surface area contributed by atoms with E-state index in [0.29, 0.717) is 36.7 Å². The fourth-order valence-electron chi connectivity index (χ4n) is 3.31. The zero-order valence-corrected chi connectivity index (χ0v) is 18.1. The van der Waals surface area contributed by atoms with E-state index in [2.05, 4.69) is 11.0 Å². The first-order valence-corrected chi connectivity index (χ1v) is 10.8. The Labute approximate surface area is 184 Å². The number of nitrogens with two attached hydrogens (primary N) is 1. The molecule has 0 unspecified atom stereocenters. The van der Waals surface area contributed by atoms with E-state index in [1.165, 1.54) is 6.07 Å². The van der Waals surface area contributed by atoms with E-state index in [0.717, 1.165) is 20.9 Å². The number of benzene rings is 3. The van der Waals surface area contributed by atoms with Crippen molar-refractivity contribution in [2.24, 2.45) is 5.73 Å². The van der Waals surface area contributed by atoms with E-state index in [1.807, 2.05) is 36.4 Å². The highest BCUT2D eigenvalue weighted by atomic mass is 32.1. The van der Waals surface area contributed by atoms with Crippen molar-refractivity contribution < 1.29 is 13.9 Å². The molecule has 0 aliphatic heterocycles. The fraction of sp³-hybridized carbons (Fsp3) is 0.208. The summed E-state index contributed by atoms with van der Waals surface area (Å²) < 4.78 is 26.4. The summed E-state index contributed by atoms with van der Waals surface area (Å²) in [6.45, 7) is 1.99. The summed E-state index contributed by atoms with van der Waals surface area (Å²) in [6.07, 6.45) is 0. The molecule has 0 radical (unpaired) electrons. The highest BCUT2D eigenvalue weighted by Crippen LogP contribution is 2.32. The molecule has 0 amide bonds. The van der Waals surface area contributed by atoms with Crippen molar-refractivity contribution in [3.8, 4) is 11.5 Å². The minimum Gasteiger partial charge on any atom is -0.493 e. The molecule has 4 rings (SSSR count). The maximum Gasteiger partial charge on any atom is 0.186 e. The lowest BCUT2D eigenvalue weighted by Gasteiger charge is -2.22. The Morgan fingerprint density at radius 2 is 1.84 bits per heavy atom. The summed E-state index contributed by atoms with van der Waals surface area (Å²) in [4.78, 5) is 6.92. The van der Waals surface area contributed by atoms with Crippen molar-refractivity contribution in [2.45, 2.75) is 13.2 Å². The highest BCUT2D eigenvalue weighted by molar-refractivity contribution is 7.22. The van der Waals surface area contributed by atoms with Gasteiger partial charge in [0.05, 0.1) is 17.3 Å². The highest BCUT2D eigenvalue weighted by Gasteiger charge is 2.14. The minimum absolute atomic E-state index is 0.132. The molecule has 0 atom stereocenters. The van der Waals surface area contributed by atoms with Crippen LogP contribution in [0.1, 0.15) is 11.1 Å². The van der Waals surface area contributed by atoms with Gasteiger partial charge in [-0.2, -0.15) is 0 Å². The Hall–Kier alpha value is -3.16. The summed E-state index contributed by atoms with van der Waals surface area (Å²) in [6, 6.07) is 20.4. The number of ether oxygens (including phenoxy) is 2. The smallest absolute Gasteiger partial charge is 0.186 e. The lowest BCUT2D eigenvalue weighted by molar-refractivity contribution is 0.279. The van der Waals surface area contributed by atoms with Gasteiger partial charge in [0.25, 0.3) is 0 Å². The van der Waals surface area contributed by atoms with Crippen molar-refractivity contribution in [2.75, 3.05) is 25.1 Å². The molecule has 7 heteroatoms. The number of aromatic nitrogens is 1. The van der Waals surface area contributed by atoms with Crippen LogP contribution in [0, 0.1) is 5.82 Å². The van der Waals surface area contributed by atoms with Crippen LogP contribution in [0.4, 0.5) is 9.52 Å². The Kier molecular flexibility index (Phi) is 6.64. The molecule has 4 aromatic rings. The lowest BCUT2D eigenvalue weighted by Crippen LogP contribution is -2.28. The summed E-state index contributed by atoms with van der Waals surface area (Å²) in [5.41, 5.74) is 8.39. The van der Waals surface area contributed by atoms with Crippen LogP contribution in [0.25, 0.3) is 10.2 Å². The van der Waals surface area contributed by atoms with Gasteiger partial charge in [-0.05, 0) is 35.9 Å². The molecule has 0 bridgehead atoms. The number of halogens is 1. The third-order valence-electron chi connectivity index (χ3n) is 4.89. The molecule has 0 aliphatic rings. The molecule has 3 aromatic carbocycles. The Morgan fingerprint density at radius 3 is 2.61 bits per heavy atom. The van der Waals surface area contributed by atoms with Gasteiger partial charge in [0, 0.05) is 25.2 Å². The summed E-state index contributed by atoms with van der Waals surface area (Å²) in [5, 5.41) is 0.936. The van der Waals surface area contributed by atoms with Crippen molar-refractivity contribution in [1.82, 2.24) is 4.98 Å². The molecular formula is C24H24FN3O2S. The molecule has 0 saturated carbocycles. The zero-order chi connectivity index (χ0) is 21.6. The van der Waals surface area contributed by atoms with E-state index >= 15 is 0 Å². The Morgan fingerprint density at radius 1 is 1.03 bits per heavy atom. The van der Waals surface area contributed by atoms with Gasteiger partial charge in [0.2, 0.25) is 0 Å². The topological polar surface area (TPSA) is 60.6 Å². The molecule has 31 heavy (non-hydrogen) atoms. The average molecular weight is 438 g/mol. The van der Waals surface area contributed by atoms with Gasteiger partial charge < -0.3 is 20.1 Å². The first-order valence-electron chi connectivity index (χ1n) is 10.0. The SMILES string of the molecule is COc1cc(CN(CCN)c2nc3ccccc3s2)ccc1OCc1ccccc1F. The maximum absolute atomic E-state index is 13.9. The van der Waals surface area contributed by atoms with Crippen molar-refractivity contribution in [3.05, 3.63) is 83.7 Å². The van der Waals surface area contributed by atoms with Crippen LogP contribution in [0.2, 0.25) is 0 Å². The molecular weight excluding hydrogens is 413 g/mol. The molecule has 0 aliphatic carbocycles. The standard InChI is InChI=1S/C24H24FN3O2S/c1-29-22-14-17(10-11-21(22)30-16-18-6-2-3-7-19(18)25)15-28(13-12-26)24-27-20-8-4-5-9-23(20)31-24/h2-11,14H,12-13,15-16,26H2,1H3.